The zero-order chi connectivity index (χ0) is 20.4. The first-order chi connectivity index (χ1) is 12.8. The van der Waals surface area contributed by atoms with E-state index in [1.54, 1.807) is 6.07 Å². The van der Waals surface area contributed by atoms with Crippen LogP contribution in [0.3, 0.4) is 0 Å². The first kappa shape index (κ1) is 22.3. The summed E-state index contributed by atoms with van der Waals surface area (Å²) in [6.07, 6.45) is 14.4. The lowest BCUT2D eigenvalue weighted by atomic mass is 9.88. The molecule has 1 aromatic carbocycles. The summed E-state index contributed by atoms with van der Waals surface area (Å²) in [6.45, 7) is 12.2. The van der Waals surface area contributed by atoms with Gasteiger partial charge in [-0.3, -0.25) is 0 Å². The Bertz CT molecular complexity index is 821. The smallest absolute Gasteiger partial charge is 0.120 e. The van der Waals surface area contributed by atoms with Gasteiger partial charge >= 0.3 is 0 Å². The topological polar surface area (TPSA) is 44.0 Å². The minimum atomic E-state index is 0.181. The van der Waals surface area contributed by atoms with Crippen molar-refractivity contribution in [3.8, 4) is 24.2 Å². The summed E-state index contributed by atoms with van der Waals surface area (Å²) in [5.41, 5.74) is 6.43. The van der Waals surface area contributed by atoms with Gasteiger partial charge in [0.25, 0.3) is 0 Å². The molecule has 0 aliphatic heterocycles. The Kier molecular flexibility index (Phi) is 9.18. The molecule has 142 valence electrons. The summed E-state index contributed by atoms with van der Waals surface area (Å²) in [4.78, 5) is 0. The lowest BCUT2D eigenvalue weighted by Gasteiger charge is -2.16. The van der Waals surface area contributed by atoms with Gasteiger partial charge in [-0.2, -0.15) is 5.26 Å². The number of benzene rings is 1. The predicted molar refractivity (Wildman–Crippen MR) is 115 cm³/mol. The van der Waals surface area contributed by atoms with Gasteiger partial charge in [0.2, 0.25) is 0 Å². The Balaban J connectivity index is 3.19. The van der Waals surface area contributed by atoms with E-state index in [2.05, 4.69) is 51.5 Å². The maximum atomic E-state index is 10.6. The molecule has 0 saturated carbocycles. The van der Waals surface area contributed by atoms with E-state index in [0.29, 0.717) is 24.0 Å². The number of hydrogen-bond acceptors (Lipinski definition) is 2. The van der Waals surface area contributed by atoms with Crippen molar-refractivity contribution in [2.75, 3.05) is 0 Å². The van der Waals surface area contributed by atoms with Gasteiger partial charge in [-0.05, 0) is 82.6 Å². The van der Waals surface area contributed by atoms with Crippen LogP contribution in [0.1, 0.15) is 75.6 Å². The number of phenolic OH excluding ortho intramolecular Hbond substituents is 1. The van der Waals surface area contributed by atoms with Crippen molar-refractivity contribution in [2.24, 2.45) is 0 Å². The third kappa shape index (κ3) is 6.84. The van der Waals surface area contributed by atoms with Gasteiger partial charge in [0.1, 0.15) is 11.8 Å². The number of allylic oxidation sites excluding steroid dienone is 5. The summed E-state index contributed by atoms with van der Waals surface area (Å²) < 4.78 is 0. The molecule has 0 spiro atoms. The van der Waals surface area contributed by atoms with Crippen LogP contribution in [0.2, 0.25) is 0 Å². The fraction of sp³-hybridized carbons (Fsp3) is 0.400. The highest BCUT2D eigenvalue weighted by atomic mass is 16.3. The minimum Gasteiger partial charge on any atom is -0.508 e. The monoisotopic (exact) mass is 361 g/mol. The number of rotatable bonds is 9. The molecule has 2 heteroatoms. The van der Waals surface area contributed by atoms with E-state index >= 15 is 0 Å². The van der Waals surface area contributed by atoms with Crippen LogP contribution >= 0.6 is 0 Å². The molecule has 2 nitrogen and oxygen atoms in total. The van der Waals surface area contributed by atoms with Gasteiger partial charge in [0, 0.05) is 12.0 Å². The minimum absolute atomic E-state index is 0.181. The van der Waals surface area contributed by atoms with Crippen LogP contribution in [0.25, 0.3) is 5.57 Å². The number of aromatic hydroxyl groups is 1. The second-order valence-electron chi connectivity index (χ2n) is 7.31. The van der Waals surface area contributed by atoms with E-state index < -0.39 is 0 Å². The molecule has 0 unspecified atom stereocenters. The summed E-state index contributed by atoms with van der Waals surface area (Å²) in [6, 6.07) is 4.08. The number of hydrogen-bond donors (Lipinski definition) is 1. The van der Waals surface area contributed by atoms with Crippen LogP contribution in [0, 0.1) is 23.7 Å². The molecule has 0 fully saturated rings. The Morgan fingerprint density at radius 2 is 1.96 bits per heavy atom. The molecular formula is C25H31NO. The van der Waals surface area contributed by atoms with Crippen molar-refractivity contribution in [1.29, 1.82) is 5.26 Å². The van der Waals surface area contributed by atoms with Crippen molar-refractivity contribution < 1.29 is 5.11 Å². The van der Waals surface area contributed by atoms with Crippen molar-refractivity contribution in [3.63, 3.8) is 0 Å². The Morgan fingerprint density at radius 3 is 2.52 bits per heavy atom. The lowest BCUT2D eigenvalue weighted by molar-refractivity contribution is 0.468. The third-order valence-corrected chi connectivity index (χ3v) is 4.54. The maximum Gasteiger partial charge on any atom is 0.120 e. The SMILES string of the molecule is C#CCCCc1cc(O)c(C/C=C(\C)CCC=C(C)C)c(C#N)c1C(=C)C. The molecule has 0 aromatic heterocycles. The van der Waals surface area contributed by atoms with Crippen LogP contribution in [-0.2, 0) is 12.8 Å². The van der Waals surface area contributed by atoms with E-state index in [1.807, 2.05) is 6.92 Å². The van der Waals surface area contributed by atoms with Crippen LogP contribution in [0.5, 0.6) is 5.75 Å². The average molecular weight is 362 g/mol. The number of unbranched alkanes of at least 4 members (excludes halogenated alkanes) is 1. The molecule has 0 saturated heterocycles. The summed E-state index contributed by atoms with van der Waals surface area (Å²) in [5.74, 6) is 2.82. The Labute approximate surface area is 164 Å². The number of nitriles is 1. The highest BCUT2D eigenvalue weighted by Gasteiger charge is 2.17. The van der Waals surface area contributed by atoms with Gasteiger partial charge in [-0.25, -0.2) is 0 Å². The van der Waals surface area contributed by atoms with Crippen molar-refractivity contribution in [3.05, 3.63) is 58.2 Å². The molecule has 27 heavy (non-hydrogen) atoms. The van der Waals surface area contributed by atoms with Crippen molar-refractivity contribution in [1.82, 2.24) is 0 Å². The second kappa shape index (κ2) is 11.1. The fourth-order valence-electron chi connectivity index (χ4n) is 3.13. The molecule has 0 radical (unpaired) electrons. The van der Waals surface area contributed by atoms with Crippen molar-refractivity contribution in [2.45, 2.75) is 66.2 Å². The highest BCUT2D eigenvalue weighted by Crippen LogP contribution is 2.33. The Hall–Kier alpha value is -2.71. The van der Waals surface area contributed by atoms with Crippen molar-refractivity contribution >= 4 is 5.57 Å². The zero-order valence-electron chi connectivity index (χ0n) is 17.2. The summed E-state index contributed by atoms with van der Waals surface area (Å²) >= 11 is 0. The molecule has 0 aliphatic rings. The molecule has 0 bridgehead atoms. The van der Waals surface area contributed by atoms with E-state index in [0.717, 1.165) is 42.4 Å². The largest absolute Gasteiger partial charge is 0.508 e. The van der Waals surface area contributed by atoms with E-state index in [-0.39, 0.29) is 5.75 Å². The molecule has 0 heterocycles. The first-order valence-corrected chi connectivity index (χ1v) is 9.47. The standard InChI is InChI=1S/C25H31NO/c1-7-8-9-13-21-16-24(27)22(23(17-26)25(21)19(4)5)15-14-20(6)12-10-11-18(2)3/h1,11,14,16,27H,4,8-10,12-13,15H2,2-3,5-6H3/b20-14+. The van der Waals surface area contributed by atoms with Gasteiger partial charge in [0.05, 0.1) is 5.56 Å². The van der Waals surface area contributed by atoms with Crippen LogP contribution < -0.4 is 0 Å². The van der Waals surface area contributed by atoms with Crippen LogP contribution in [-0.4, -0.2) is 5.11 Å². The number of terminal acetylenes is 1. The molecule has 1 rings (SSSR count). The maximum absolute atomic E-state index is 10.6. The number of aryl methyl sites for hydroxylation is 1. The van der Waals surface area contributed by atoms with E-state index in [4.69, 9.17) is 6.42 Å². The van der Waals surface area contributed by atoms with Gasteiger partial charge in [-0.15, -0.1) is 12.3 Å². The quantitative estimate of drug-likeness (QED) is 0.310. The molecule has 0 amide bonds. The predicted octanol–water partition coefficient (Wildman–Crippen LogP) is 6.49. The molecule has 1 N–H and O–H groups in total. The Morgan fingerprint density at radius 1 is 1.26 bits per heavy atom. The second-order valence-corrected chi connectivity index (χ2v) is 7.31. The van der Waals surface area contributed by atoms with E-state index in [9.17, 15) is 10.4 Å². The fourth-order valence-corrected chi connectivity index (χ4v) is 3.13. The van der Waals surface area contributed by atoms with Gasteiger partial charge < -0.3 is 5.11 Å². The molecule has 0 aliphatic carbocycles. The normalized spacial score (nSPS) is 10.8. The highest BCUT2D eigenvalue weighted by molar-refractivity contribution is 5.74. The summed E-state index contributed by atoms with van der Waals surface area (Å²) in [7, 11) is 0. The number of phenols is 1. The molecule has 0 atom stereocenters. The van der Waals surface area contributed by atoms with Crippen LogP contribution in [0.15, 0.2) is 35.9 Å². The van der Waals surface area contributed by atoms with E-state index in [1.165, 1.54) is 11.1 Å². The first-order valence-electron chi connectivity index (χ1n) is 9.47. The molecule has 1 aromatic rings. The van der Waals surface area contributed by atoms with Gasteiger partial charge in [-0.1, -0.05) is 29.9 Å². The zero-order valence-corrected chi connectivity index (χ0v) is 17.2. The van der Waals surface area contributed by atoms with Gasteiger partial charge in [0.15, 0.2) is 0 Å². The third-order valence-electron chi connectivity index (χ3n) is 4.54. The molecular weight excluding hydrogens is 330 g/mol. The lowest BCUT2D eigenvalue weighted by Crippen LogP contribution is -2.02. The average Bonchev–Trinajstić information content (AvgIpc) is 2.59. The number of nitrogens with zero attached hydrogens (tertiary/aromatic N) is 1. The summed E-state index contributed by atoms with van der Waals surface area (Å²) in [5, 5.41) is 20.3. The van der Waals surface area contributed by atoms with Crippen LogP contribution in [0.4, 0.5) is 0 Å².